The first-order valence-corrected chi connectivity index (χ1v) is 6.66. The third kappa shape index (κ3) is 4.10. The summed E-state index contributed by atoms with van der Waals surface area (Å²) in [5.74, 6) is 0. The number of rotatable bonds is 6. The molecule has 19 heavy (non-hydrogen) atoms. The maximum Gasteiger partial charge on any atom is 0.273 e. The molecular weight excluding hydrogens is 244 g/mol. The lowest BCUT2D eigenvalue weighted by atomic mass is 10.2. The number of nitrogens with one attached hydrogen (secondary N) is 1. The Hall–Kier alpha value is -1.82. The minimum Gasteiger partial charge on any atom is -0.398 e. The standard InChI is InChI=1S/C13H20N4O2/c14-11-8-12(10-13(9-11)17(18)19)15-4-3-7-16-5-1-2-6-16/h8-10,15H,1-7,14H2. The van der Waals surface area contributed by atoms with Crippen molar-refractivity contribution in [3.8, 4) is 0 Å². The molecule has 1 fully saturated rings. The summed E-state index contributed by atoms with van der Waals surface area (Å²) in [4.78, 5) is 12.7. The summed E-state index contributed by atoms with van der Waals surface area (Å²) in [5, 5.41) is 13.9. The van der Waals surface area contributed by atoms with E-state index in [1.54, 1.807) is 6.07 Å². The SMILES string of the molecule is Nc1cc(NCCCN2CCCC2)cc([N+](=O)[O-])c1. The minimum atomic E-state index is -0.425. The van der Waals surface area contributed by atoms with E-state index in [1.165, 1.54) is 38.1 Å². The van der Waals surface area contributed by atoms with Gasteiger partial charge in [-0.15, -0.1) is 0 Å². The lowest BCUT2D eigenvalue weighted by molar-refractivity contribution is -0.384. The van der Waals surface area contributed by atoms with E-state index < -0.39 is 4.92 Å². The monoisotopic (exact) mass is 264 g/mol. The molecular formula is C13H20N4O2. The zero-order valence-corrected chi connectivity index (χ0v) is 11.0. The number of hydrogen-bond acceptors (Lipinski definition) is 5. The van der Waals surface area contributed by atoms with E-state index in [2.05, 4.69) is 10.2 Å². The summed E-state index contributed by atoms with van der Waals surface area (Å²) in [6.45, 7) is 4.28. The topological polar surface area (TPSA) is 84.4 Å². The first kappa shape index (κ1) is 13.6. The van der Waals surface area contributed by atoms with E-state index in [4.69, 9.17) is 5.73 Å². The van der Waals surface area contributed by atoms with Gasteiger partial charge in [0, 0.05) is 30.1 Å². The number of nitro groups is 1. The second-order valence-corrected chi connectivity index (χ2v) is 4.90. The average Bonchev–Trinajstić information content (AvgIpc) is 2.87. The second kappa shape index (κ2) is 6.38. The molecule has 6 nitrogen and oxygen atoms in total. The van der Waals surface area contributed by atoms with E-state index in [1.807, 2.05) is 0 Å². The molecule has 0 atom stereocenters. The molecule has 0 aromatic heterocycles. The maximum atomic E-state index is 10.7. The Bertz CT molecular complexity index is 444. The van der Waals surface area contributed by atoms with Gasteiger partial charge in [0.2, 0.25) is 0 Å². The summed E-state index contributed by atoms with van der Waals surface area (Å²) < 4.78 is 0. The molecule has 0 aliphatic carbocycles. The molecule has 0 radical (unpaired) electrons. The Balaban J connectivity index is 1.80. The maximum absolute atomic E-state index is 10.7. The quantitative estimate of drug-likeness (QED) is 0.355. The Morgan fingerprint density at radius 2 is 2.05 bits per heavy atom. The number of nitrogens with two attached hydrogens (primary N) is 1. The lowest BCUT2D eigenvalue weighted by Gasteiger charge is -2.14. The number of hydrogen-bond donors (Lipinski definition) is 2. The van der Waals surface area contributed by atoms with E-state index in [0.29, 0.717) is 11.4 Å². The number of non-ortho nitro benzene ring substituents is 1. The normalized spacial score (nSPS) is 15.6. The molecule has 2 rings (SSSR count). The van der Waals surface area contributed by atoms with Gasteiger partial charge in [0.25, 0.3) is 5.69 Å². The molecule has 1 aliphatic rings. The number of anilines is 2. The van der Waals surface area contributed by atoms with Crippen molar-refractivity contribution in [2.24, 2.45) is 0 Å². The summed E-state index contributed by atoms with van der Waals surface area (Å²) in [6, 6.07) is 4.62. The van der Waals surface area contributed by atoms with Gasteiger partial charge in [-0.3, -0.25) is 10.1 Å². The van der Waals surface area contributed by atoms with E-state index in [9.17, 15) is 10.1 Å². The van der Waals surface area contributed by atoms with Gasteiger partial charge in [0.1, 0.15) is 0 Å². The predicted octanol–water partition coefficient (Wildman–Crippen LogP) is 2.07. The number of nitrogens with zero attached hydrogens (tertiary/aromatic N) is 2. The van der Waals surface area contributed by atoms with Gasteiger partial charge in [-0.25, -0.2) is 0 Å². The fourth-order valence-electron chi connectivity index (χ4n) is 2.38. The molecule has 1 aromatic rings. The molecule has 1 aromatic carbocycles. The lowest BCUT2D eigenvalue weighted by Crippen LogP contribution is -2.22. The molecule has 1 heterocycles. The highest BCUT2D eigenvalue weighted by Crippen LogP contribution is 2.22. The van der Waals surface area contributed by atoms with Gasteiger partial charge in [-0.2, -0.15) is 0 Å². The van der Waals surface area contributed by atoms with Gasteiger partial charge >= 0.3 is 0 Å². The molecule has 0 unspecified atom stereocenters. The van der Waals surface area contributed by atoms with Gasteiger partial charge in [-0.05, 0) is 45.0 Å². The molecule has 1 aliphatic heterocycles. The van der Waals surface area contributed by atoms with Crippen LogP contribution in [0.5, 0.6) is 0 Å². The highest BCUT2D eigenvalue weighted by atomic mass is 16.6. The molecule has 1 saturated heterocycles. The van der Waals surface area contributed by atoms with Crippen LogP contribution < -0.4 is 11.1 Å². The fraction of sp³-hybridized carbons (Fsp3) is 0.538. The number of benzene rings is 1. The van der Waals surface area contributed by atoms with E-state index >= 15 is 0 Å². The summed E-state index contributed by atoms with van der Waals surface area (Å²) in [7, 11) is 0. The fourth-order valence-corrected chi connectivity index (χ4v) is 2.38. The minimum absolute atomic E-state index is 0.0297. The first-order chi connectivity index (χ1) is 9.15. The van der Waals surface area contributed by atoms with Gasteiger partial charge < -0.3 is 16.0 Å². The zero-order valence-electron chi connectivity index (χ0n) is 11.0. The van der Waals surface area contributed by atoms with Crippen LogP contribution in [0.2, 0.25) is 0 Å². The van der Waals surface area contributed by atoms with Gasteiger partial charge in [0.05, 0.1) is 4.92 Å². The average molecular weight is 264 g/mol. The van der Waals surface area contributed by atoms with Gasteiger partial charge in [-0.1, -0.05) is 0 Å². The number of likely N-dealkylation sites (tertiary alicyclic amines) is 1. The Morgan fingerprint density at radius 3 is 2.74 bits per heavy atom. The van der Waals surface area contributed by atoms with Crippen molar-refractivity contribution >= 4 is 17.1 Å². The Morgan fingerprint density at radius 1 is 1.32 bits per heavy atom. The van der Waals surface area contributed by atoms with E-state index in [-0.39, 0.29) is 5.69 Å². The molecule has 3 N–H and O–H groups in total. The summed E-state index contributed by atoms with van der Waals surface area (Å²) in [5.41, 5.74) is 6.81. The molecule has 0 amide bonds. The summed E-state index contributed by atoms with van der Waals surface area (Å²) >= 11 is 0. The van der Waals surface area contributed by atoms with Crippen molar-refractivity contribution < 1.29 is 4.92 Å². The van der Waals surface area contributed by atoms with Crippen LogP contribution in [-0.4, -0.2) is 36.0 Å². The predicted molar refractivity (Wildman–Crippen MR) is 76.3 cm³/mol. The van der Waals surface area contributed by atoms with Crippen molar-refractivity contribution in [2.45, 2.75) is 19.3 Å². The van der Waals surface area contributed by atoms with Crippen LogP contribution in [0.25, 0.3) is 0 Å². The molecule has 6 heteroatoms. The van der Waals surface area contributed by atoms with Crippen LogP contribution in [0.3, 0.4) is 0 Å². The van der Waals surface area contributed by atoms with Crippen LogP contribution in [0, 0.1) is 10.1 Å². The molecule has 0 spiro atoms. The van der Waals surface area contributed by atoms with Crippen LogP contribution >= 0.6 is 0 Å². The number of nitrogen functional groups attached to an aromatic ring is 1. The van der Waals surface area contributed by atoms with Crippen LogP contribution in [0.4, 0.5) is 17.1 Å². The van der Waals surface area contributed by atoms with Crippen LogP contribution in [-0.2, 0) is 0 Å². The molecule has 0 bridgehead atoms. The molecule has 0 saturated carbocycles. The van der Waals surface area contributed by atoms with Crippen molar-refractivity contribution in [1.29, 1.82) is 0 Å². The third-order valence-corrected chi connectivity index (χ3v) is 3.33. The van der Waals surface area contributed by atoms with E-state index in [0.717, 1.165) is 19.5 Å². The smallest absolute Gasteiger partial charge is 0.273 e. The summed E-state index contributed by atoms with van der Waals surface area (Å²) in [6.07, 6.45) is 3.63. The molecule has 104 valence electrons. The largest absolute Gasteiger partial charge is 0.398 e. The van der Waals surface area contributed by atoms with Crippen molar-refractivity contribution in [2.75, 3.05) is 37.2 Å². The highest BCUT2D eigenvalue weighted by Gasteiger charge is 2.11. The van der Waals surface area contributed by atoms with Crippen LogP contribution in [0.1, 0.15) is 19.3 Å². The van der Waals surface area contributed by atoms with Crippen molar-refractivity contribution in [3.05, 3.63) is 28.3 Å². The Kier molecular flexibility index (Phi) is 4.57. The highest BCUT2D eigenvalue weighted by molar-refractivity contribution is 5.61. The van der Waals surface area contributed by atoms with Crippen LogP contribution in [0.15, 0.2) is 18.2 Å². The number of nitro benzene ring substituents is 1. The van der Waals surface area contributed by atoms with Crippen molar-refractivity contribution in [1.82, 2.24) is 4.90 Å². The first-order valence-electron chi connectivity index (χ1n) is 6.66. The zero-order chi connectivity index (χ0) is 13.7. The third-order valence-electron chi connectivity index (χ3n) is 3.33. The Labute approximate surface area is 112 Å². The second-order valence-electron chi connectivity index (χ2n) is 4.90. The van der Waals surface area contributed by atoms with Crippen molar-refractivity contribution in [3.63, 3.8) is 0 Å². The van der Waals surface area contributed by atoms with Gasteiger partial charge in [0.15, 0.2) is 0 Å².